The average molecular weight is 231 g/mol. The highest BCUT2D eigenvalue weighted by Crippen LogP contribution is 2.22. The van der Waals surface area contributed by atoms with Crippen molar-refractivity contribution in [3.05, 3.63) is 18.3 Å². The van der Waals surface area contributed by atoms with Gasteiger partial charge in [-0.15, -0.1) is 0 Å². The lowest BCUT2D eigenvalue weighted by Crippen LogP contribution is -2.31. The molecule has 1 aliphatic rings. The number of hydrogen-bond acceptors (Lipinski definition) is 4. The number of pyridine rings is 1. The van der Waals surface area contributed by atoms with Gasteiger partial charge in [0.15, 0.2) is 5.65 Å². The molecule has 1 saturated heterocycles. The van der Waals surface area contributed by atoms with Crippen molar-refractivity contribution >= 4 is 16.9 Å². The Morgan fingerprint density at radius 2 is 2.29 bits per heavy atom. The minimum Gasteiger partial charge on any atom is -0.355 e. The van der Waals surface area contributed by atoms with E-state index in [9.17, 15) is 0 Å². The van der Waals surface area contributed by atoms with Gasteiger partial charge in [-0.3, -0.25) is 5.10 Å². The van der Waals surface area contributed by atoms with Gasteiger partial charge in [-0.1, -0.05) is 0 Å². The van der Waals surface area contributed by atoms with Gasteiger partial charge < -0.3 is 9.80 Å². The molecule has 1 atom stereocenters. The third kappa shape index (κ3) is 1.86. The minimum absolute atomic E-state index is 0.634. The molecule has 90 valence electrons. The SMILES string of the molecule is CN(C)C1CCN(c2ccc3cn[nH]c3n2)C1. The number of anilines is 1. The van der Waals surface area contributed by atoms with Gasteiger partial charge in [0, 0.05) is 24.5 Å². The van der Waals surface area contributed by atoms with E-state index in [1.165, 1.54) is 6.42 Å². The van der Waals surface area contributed by atoms with Crippen LogP contribution in [0.4, 0.5) is 5.82 Å². The molecule has 3 rings (SSSR count). The van der Waals surface area contributed by atoms with Gasteiger partial charge in [0.1, 0.15) is 5.82 Å². The van der Waals surface area contributed by atoms with E-state index < -0.39 is 0 Å². The van der Waals surface area contributed by atoms with Crippen molar-refractivity contribution in [1.82, 2.24) is 20.1 Å². The molecule has 1 unspecified atom stereocenters. The van der Waals surface area contributed by atoms with Crippen LogP contribution < -0.4 is 4.90 Å². The van der Waals surface area contributed by atoms with Crippen LogP contribution in [0.1, 0.15) is 6.42 Å². The summed E-state index contributed by atoms with van der Waals surface area (Å²) in [5.41, 5.74) is 0.871. The second-order valence-corrected chi connectivity index (χ2v) is 4.83. The number of hydrogen-bond donors (Lipinski definition) is 1. The molecule has 0 spiro atoms. The predicted molar refractivity (Wildman–Crippen MR) is 68.2 cm³/mol. The zero-order valence-electron chi connectivity index (χ0n) is 10.2. The molecule has 5 heteroatoms. The topological polar surface area (TPSA) is 48.0 Å². The van der Waals surface area contributed by atoms with E-state index in [1.54, 1.807) is 6.20 Å². The predicted octanol–water partition coefficient (Wildman–Crippen LogP) is 1.10. The van der Waals surface area contributed by atoms with Gasteiger partial charge in [0.2, 0.25) is 0 Å². The van der Waals surface area contributed by atoms with Crippen LogP contribution in [0.5, 0.6) is 0 Å². The summed E-state index contributed by atoms with van der Waals surface area (Å²) in [6.07, 6.45) is 3.01. The van der Waals surface area contributed by atoms with Crippen molar-refractivity contribution in [2.24, 2.45) is 0 Å². The molecule has 0 bridgehead atoms. The first kappa shape index (κ1) is 10.5. The Morgan fingerprint density at radius 1 is 1.41 bits per heavy atom. The summed E-state index contributed by atoms with van der Waals surface area (Å²) in [6, 6.07) is 4.79. The van der Waals surface area contributed by atoms with Crippen molar-refractivity contribution in [2.45, 2.75) is 12.5 Å². The van der Waals surface area contributed by atoms with Crippen LogP contribution >= 0.6 is 0 Å². The Balaban J connectivity index is 1.84. The molecule has 1 N–H and O–H groups in total. The summed E-state index contributed by atoms with van der Waals surface area (Å²) in [7, 11) is 4.28. The molecule has 0 saturated carbocycles. The standard InChI is InChI=1S/C12H17N5/c1-16(2)10-5-6-17(8-10)11-4-3-9-7-13-15-12(9)14-11/h3-4,7,10H,5-6,8H2,1-2H3,(H,13,14,15). The lowest BCUT2D eigenvalue weighted by molar-refractivity contribution is 0.315. The highest BCUT2D eigenvalue weighted by atomic mass is 15.3. The number of likely N-dealkylation sites (N-methyl/N-ethyl adjacent to an activating group) is 1. The first-order valence-electron chi connectivity index (χ1n) is 5.95. The quantitative estimate of drug-likeness (QED) is 0.840. The molecule has 3 heterocycles. The Hall–Kier alpha value is -1.62. The van der Waals surface area contributed by atoms with Crippen LogP contribution in [0.15, 0.2) is 18.3 Å². The van der Waals surface area contributed by atoms with Gasteiger partial charge in [0.05, 0.1) is 6.20 Å². The second-order valence-electron chi connectivity index (χ2n) is 4.83. The summed E-state index contributed by atoms with van der Waals surface area (Å²) in [4.78, 5) is 9.23. The van der Waals surface area contributed by atoms with Gasteiger partial charge in [-0.25, -0.2) is 4.98 Å². The first-order chi connectivity index (χ1) is 8.24. The molecule has 1 aliphatic heterocycles. The van der Waals surface area contributed by atoms with Crippen LogP contribution in [-0.2, 0) is 0 Å². The highest BCUT2D eigenvalue weighted by Gasteiger charge is 2.24. The van der Waals surface area contributed by atoms with Crippen molar-refractivity contribution in [2.75, 3.05) is 32.1 Å². The first-order valence-corrected chi connectivity index (χ1v) is 5.95. The number of aromatic amines is 1. The molecule has 17 heavy (non-hydrogen) atoms. The lowest BCUT2D eigenvalue weighted by atomic mass is 10.2. The number of nitrogens with one attached hydrogen (secondary N) is 1. The fourth-order valence-electron chi connectivity index (χ4n) is 2.36. The third-order valence-electron chi connectivity index (χ3n) is 3.50. The number of H-pyrrole nitrogens is 1. The Morgan fingerprint density at radius 3 is 3.06 bits per heavy atom. The molecule has 2 aromatic rings. The molecule has 2 aromatic heterocycles. The number of rotatable bonds is 2. The Labute approximate surface area is 100 Å². The lowest BCUT2D eigenvalue weighted by Gasteiger charge is -2.20. The summed E-state index contributed by atoms with van der Waals surface area (Å²) < 4.78 is 0. The molecule has 0 radical (unpaired) electrons. The maximum atomic E-state index is 4.60. The van der Waals surface area contributed by atoms with Crippen molar-refractivity contribution in [3.8, 4) is 0 Å². The molecule has 5 nitrogen and oxygen atoms in total. The summed E-state index contributed by atoms with van der Waals surface area (Å²) in [5.74, 6) is 1.05. The molecular weight excluding hydrogens is 214 g/mol. The van der Waals surface area contributed by atoms with Crippen LogP contribution in [0.2, 0.25) is 0 Å². The summed E-state index contributed by atoms with van der Waals surface area (Å²) in [6.45, 7) is 2.13. The van der Waals surface area contributed by atoms with Crippen molar-refractivity contribution in [3.63, 3.8) is 0 Å². The van der Waals surface area contributed by atoms with Gasteiger partial charge in [-0.2, -0.15) is 5.10 Å². The minimum atomic E-state index is 0.634. The van der Waals surface area contributed by atoms with E-state index >= 15 is 0 Å². The average Bonchev–Trinajstić information content (AvgIpc) is 2.97. The largest absolute Gasteiger partial charge is 0.355 e. The zero-order chi connectivity index (χ0) is 11.8. The molecule has 1 fully saturated rings. The van der Waals surface area contributed by atoms with E-state index in [1.807, 2.05) is 0 Å². The molecule has 0 aliphatic carbocycles. The fraction of sp³-hybridized carbons (Fsp3) is 0.500. The zero-order valence-corrected chi connectivity index (χ0v) is 10.2. The fourth-order valence-corrected chi connectivity index (χ4v) is 2.36. The maximum absolute atomic E-state index is 4.60. The van der Waals surface area contributed by atoms with Crippen molar-refractivity contribution in [1.29, 1.82) is 0 Å². The van der Waals surface area contributed by atoms with E-state index in [4.69, 9.17) is 0 Å². The van der Waals surface area contributed by atoms with Crippen molar-refractivity contribution < 1.29 is 0 Å². The molecular formula is C12H17N5. The second kappa shape index (κ2) is 4.00. The van der Waals surface area contributed by atoms with Gasteiger partial charge in [-0.05, 0) is 32.6 Å². The Bertz CT molecular complexity index is 518. The normalized spacial score (nSPS) is 20.6. The van der Waals surface area contributed by atoms with E-state index in [0.29, 0.717) is 6.04 Å². The van der Waals surface area contributed by atoms with Crippen LogP contribution in [-0.4, -0.2) is 53.3 Å². The Kier molecular flexibility index (Phi) is 2.48. The number of aromatic nitrogens is 3. The van der Waals surface area contributed by atoms with Crippen LogP contribution in [0.25, 0.3) is 11.0 Å². The van der Waals surface area contributed by atoms with Crippen LogP contribution in [0, 0.1) is 0 Å². The summed E-state index contributed by atoms with van der Waals surface area (Å²) >= 11 is 0. The monoisotopic (exact) mass is 231 g/mol. The highest BCUT2D eigenvalue weighted by molar-refractivity contribution is 5.75. The van der Waals surface area contributed by atoms with Crippen LogP contribution in [0.3, 0.4) is 0 Å². The van der Waals surface area contributed by atoms with Gasteiger partial charge in [0.25, 0.3) is 0 Å². The maximum Gasteiger partial charge on any atom is 0.157 e. The smallest absolute Gasteiger partial charge is 0.157 e. The number of nitrogens with zero attached hydrogens (tertiary/aromatic N) is 4. The molecule has 0 amide bonds. The number of fused-ring (bicyclic) bond motifs is 1. The third-order valence-corrected chi connectivity index (χ3v) is 3.50. The van der Waals surface area contributed by atoms with E-state index in [2.05, 4.69) is 51.2 Å². The molecule has 0 aromatic carbocycles. The summed E-state index contributed by atoms with van der Waals surface area (Å²) in [5, 5.41) is 7.98. The van der Waals surface area contributed by atoms with Gasteiger partial charge >= 0.3 is 0 Å². The van der Waals surface area contributed by atoms with E-state index in [-0.39, 0.29) is 0 Å². The van der Waals surface area contributed by atoms with E-state index in [0.717, 1.165) is 29.9 Å².